The largest absolute Gasteiger partial charge is 0.478 e. The number of ketones is 1. The van der Waals surface area contributed by atoms with Crippen LogP contribution in [-0.2, 0) is 28.7 Å². The van der Waals surface area contributed by atoms with Crippen molar-refractivity contribution in [1.29, 1.82) is 0 Å². The fourth-order valence-electron chi connectivity index (χ4n) is 5.62. The molecule has 2 unspecified atom stereocenters. The highest BCUT2D eigenvalue weighted by Gasteiger charge is 2.75. The fourth-order valence-corrected chi connectivity index (χ4v) is 6.13. The van der Waals surface area contributed by atoms with Gasteiger partial charge in [0.25, 0.3) is 0 Å². The first-order valence-electron chi connectivity index (χ1n) is 11.7. The number of hydrogen-bond donors (Lipinski definition) is 0. The number of oxime groups is 1. The van der Waals surface area contributed by atoms with Crippen molar-refractivity contribution in [2.75, 3.05) is 0 Å². The van der Waals surface area contributed by atoms with E-state index in [0.717, 1.165) is 12.1 Å². The predicted octanol–water partition coefficient (Wildman–Crippen LogP) is 5.16. The van der Waals surface area contributed by atoms with E-state index in [1.165, 1.54) is 6.92 Å². The van der Waals surface area contributed by atoms with E-state index in [1.54, 1.807) is 0 Å². The minimum absolute atomic E-state index is 0.0600. The molecular weight excluding hydrogens is 589 g/mol. The third-order valence-electron chi connectivity index (χ3n) is 7.40. The first-order chi connectivity index (χ1) is 18.1. The van der Waals surface area contributed by atoms with Gasteiger partial charge in [-0.05, 0) is 44.9 Å². The quantitative estimate of drug-likeness (QED) is 0.175. The molecule has 0 saturated heterocycles. The van der Waals surface area contributed by atoms with Crippen molar-refractivity contribution >= 4 is 27.6 Å². The lowest BCUT2D eigenvalue weighted by Gasteiger charge is -2.54. The van der Waals surface area contributed by atoms with Gasteiger partial charge in [0.1, 0.15) is 11.4 Å². The highest BCUT2D eigenvalue weighted by atomic mass is 32.2. The Kier molecular flexibility index (Phi) is 7.03. The highest BCUT2D eigenvalue weighted by Crippen LogP contribution is 2.56. The summed E-state index contributed by atoms with van der Waals surface area (Å²) in [6.07, 6.45) is -6.22. The number of aryl methyl sites for hydroxylation is 1. The topological polar surface area (TPSA) is 99.1 Å². The second-order valence-corrected chi connectivity index (χ2v) is 11.9. The van der Waals surface area contributed by atoms with Crippen molar-refractivity contribution in [2.45, 2.75) is 67.9 Å². The second-order valence-electron chi connectivity index (χ2n) is 10.3. The van der Waals surface area contributed by atoms with Gasteiger partial charge >= 0.3 is 39.4 Å². The monoisotopic (exact) mass is 609 g/mol. The van der Waals surface area contributed by atoms with Crippen molar-refractivity contribution < 1.29 is 66.5 Å². The maximum atomic E-state index is 14.7. The van der Waals surface area contributed by atoms with Crippen molar-refractivity contribution in [3.8, 4) is 0 Å². The molecule has 1 aromatic rings. The van der Waals surface area contributed by atoms with Gasteiger partial charge < -0.3 is 4.74 Å². The normalized spacial score (nSPS) is 27.6. The summed E-state index contributed by atoms with van der Waals surface area (Å²) in [6, 6.07) is 2.99. The van der Waals surface area contributed by atoms with Gasteiger partial charge in [0.05, 0.1) is 0 Å². The standard InChI is InChI=1S/C23H20F9NO6S/c1-11-2-4-13(5-3-11)17(20(24,25)22(28,29)23(30,31)32)33-39-40(36,37)21(26,27)18(35)38-19-8-12-6-14(9-19)16(34)15(7-12)10-19/h2-5,12,14-15H,6-10H2,1H3/b33-17-. The number of halogens is 9. The molecule has 7 nitrogen and oxygen atoms in total. The molecule has 4 aliphatic carbocycles. The molecule has 40 heavy (non-hydrogen) atoms. The molecule has 0 heterocycles. The van der Waals surface area contributed by atoms with E-state index in [-0.39, 0.29) is 31.0 Å². The van der Waals surface area contributed by atoms with Crippen LogP contribution in [-0.4, -0.2) is 54.8 Å². The van der Waals surface area contributed by atoms with Crippen molar-refractivity contribution in [3.63, 3.8) is 0 Å². The molecule has 4 fully saturated rings. The van der Waals surface area contributed by atoms with Gasteiger partial charge in [0, 0.05) is 17.4 Å². The third-order valence-corrected chi connectivity index (χ3v) is 8.46. The van der Waals surface area contributed by atoms with Gasteiger partial charge in [0.15, 0.2) is 5.71 Å². The molecular formula is C23H20F9NO6S. The molecule has 0 radical (unpaired) electrons. The van der Waals surface area contributed by atoms with Crippen LogP contribution in [0.25, 0.3) is 0 Å². The molecule has 0 amide bonds. The second kappa shape index (κ2) is 9.34. The van der Waals surface area contributed by atoms with E-state index in [0.29, 0.717) is 30.5 Å². The van der Waals surface area contributed by atoms with Crippen LogP contribution in [0, 0.1) is 24.7 Å². The van der Waals surface area contributed by atoms with Crippen LogP contribution < -0.4 is 0 Å². The van der Waals surface area contributed by atoms with E-state index in [4.69, 9.17) is 4.74 Å². The van der Waals surface area contributed by atoms with Crippen molar-refractivity contribution in [1.82, 2.24) is 0 Å². The summed E-state index contributed by atoms with van der Waals surface area (Å²) in [5.41, 5.74) is -5.18. The maximum absolute atomic E-state index is 14.7. The van der Waals surface area contributed by atoms with Crippen LogP contribution in [0.3, 0.4) is 0 Å². The minimum Gasteiger partial charge on any atom is -0.454 e. The number of hydrogen-bond acceptors (Lipinski definition) is 7. The van der Waals surface area contributed by atoms with Gasteiger partial charge in [-0.2, -0.15) is 47.9 Å². The van der Waals surface area contributed by atoms with Crippen LogP contribution in [0.4, 0.5) is 39.5 Å². The Balaban J connectivity index is 1.64. The number of rotatable bonds is 8. The summed E-state index contributed by atoms with van der Waals surface area (Å²) in [5, 5.41) is -3.55. The summed E-state index contributed by atoms with van der Waals surface area (Å²) in [6.45, 7) is 1.37. The Bertz CT molecular complexity index is 1320. The van der Waals surface area contributed by atoms with Gasteiger partial charge in [0.2, 0.25) is 0 Å². The zero-order valence-corrected chi connectivity index (χ0v) is 21.1. The van der Waals surface area contributed by atoms with Crippen LogP contribution in [0.2, 0.25) is 0 Å². The number of benzene rings is 1. The zero-order valence-electron chi connectivity index (χ0n) is 20.3. The molecule has 17 heteroatoms. The molecule has 0 spiro atoms. The fraction of sp³-hybridized carbons (Fsp3) is 0.609. The first-order valence-corrected chi connectivity index (χ1v) is 13.1. The van der Waals surface area contributed by atoms with Gasteiger partial charge in [-0.25, -0.2) is 4.79 Å². The molecule has 4 saturated carbocycles. The Labute approximate surface area is 220 Å². The van der Waals surface area contributed by atoms with E-state index in [9.17, 15) is 57.5 Å². The van der Waals surface area contributed by atoms with E-state index >= 15 is 0 Å². The molecule has 0 aliphatic heterocycles. The Morgan fingerprint density at radius 2 is 1.45 bits per heavy atom. The van der Waals surface area contributed by atoms with Gasteiger partial charge in [-0.15, -0.1) is 0 Å². The summed E-state index contributed by atoms with van der Waals surface area (Å²) in [5.74, 6) is -17.3. The summed E-state index contributed by atoms with van der Waals surface area (Å²) >= 11 is 0. The van der Waals surface area contributed by atoms with Crippen LogP contribution in [0.15, 0.2) is 29.4 Å². The lowest BCUT2D eigenvalue weighted by molar-refractivity contribution is -0.336. The smallest absolute Gasteiger partial charge is 0.454 e. The number of nitrogens with zero attached hydrogens (tertiary/aromatic N) is 1. The lowest BCUT2D eigenvalue weighted by Crippen LogP contribution is -2.58. The summed E-state index contributed by atoms with van der Waals surface area (Å²) < 4.78 is 157. The van der Waals surface area contributed by atoms with Crippen molar-refractivity contribution in [2.24, 2.45) is 22.9 Å². The Morgan fingerprint density at radius 1 is 0.925 bits per heavy atom. The minimum atomic E-state index is -6.88. The van der Waals surface area contributed by atoms with E-state index < -0.39 is 68.1 Å². The molecule has 2 atom stereocenters. The Morgan fingerprint density at radius 3 is 1.95 bits per heavy atom. The van der Waals surface area contributed by atoms with Crippen molar-refractivity contribution in [3.05, 3.63) is 35.4 Å². The molecule has 0 aromatic heterocycles. The van der Waals surface area contributed by atoms with Crippen LogP contribution >= 0.6 is 0 Å². The SMILES string of the molecule is Cc1ccc(/C(=N/OS(=O)(=O)C(F)(F)C(=O)OC23CC4CC(C2)C(=O)C(C4)C3)C(F)(F)C(F)(F)C(F)(F)F)cc1. The molecule has 4 bridgehead atoms. The van der Waals surface area contributed by atoms with Gasteiger partial charge in [-0.3, -0.25) is 9.08 Å². The average Bonchev–Trinajstić information content (AvgIpc) is 2.81. The molecule has 4 aliphatic rings. The van der Waals surface area contributed by atoms with E-state index in [2.05, 4.69) is 9.44 Å². The first kappa shape index (κ1) is 30.1. The molecule has 1 aromatic carbocycles. The summed E-state index contributed by atoms with van der Waals surface area (Å²) in [4.78, 5) is 24.6. The lowest BCUT2D eigenvalue weighted by atomic mass is 9.53. The molecule has 0 N–H and O–H groups in total. The number of alkyl halides is 9. The van der Waals surface area contributed by atoms with Crippen LogP contribution in [0.1, 0.15) is 43.2 Å². The number of esters is 1. The number of carbonyl (C=O) groups is 2. The zero-order chi connectivity index (χ0) is 30.1. The summed E-state index contributed by atoms with van der Waals surface area (Å²) in [7, 11) is -6.73. The average molecular weight is 609 g/mol. The third kappa shape index (κ3) is 4.83. The van der Waals surface area contributed by atoms with E-state index in [1.807, 2.05) is 0 Å². The van der Waals surface area contributed by atoms with Crippen LogP contribution in [0.5, 0.6) is 0 Å². The van der Waals surface area contributed by atoms with Gasteiger partial charge in [-0.1, -0.05) is 35.0 Å². The highest BCUT2D eigenvalue weighted by molar-refractivity contribution is 7.88. The number of carbonyl (C=O) groups excluding carboxylic acids is 2. The Hall–Kier alpha value is -2.85. The molecule has 222 valence electrons. The molecule has 5 rings (SSSR count). The number of ether oxygens (including phenoxy) is 1. The predicted molar refractivity (Wildman–Crippen MR) is 116 cm³/mol. The maximum Gasteiger partial charge on any atom is 0.478 e. The number of Topliss-reactive ketones (excluding diaryl/α,β-unsaturated/α-hetero) is 1.